The van der Waals surface area contributed by atoms with Gasteiger partial charge in [-0.2, -0.15) is 8.42 Å². The monoisotopic (exact) mass is 471 g/mol. The van der Waals surface area contributed by atoms with Crippen LogP contribution in [0.25, 0.3) is 0 Å². The molecule has 2 aliphatic heterocycles. The zero-order valence-electron chi connectivity index (χ0n) is 19.8. The molecule has 2 aromatic rings. The molecule has 1 amide bonds. The molecule has 0 bridgehead atoms. The Morgan fingerprint density at radius 2 is 1.94 bits per heavy atom. The van der Waals surface area contributed by atoms with E-state index in [-0.39, 0.29) is 16.1 Å². The fourth-order valence-electron chi connectivity index (χ4n) is 5.13. The Morgan fingerprint density at radius 1 is 1.15 bits per heavy atom. The summed E-state index contributed by atoms with van der Waals surface area (Å²) in [5, 5.41) is -0.160. The van der Waals surface area contributed by atoms with Gasteiger partial charge in [0.25, 0.3) is 15.9 Å². The second-order valence-corrected chi connectivity index (χ2v) is 11.5. The van der Waals surface area contributed by atoms with Crippen LogP contribution < -0.4 is 14.5 Å². The summed E-state index contributed by atoms with van der Waals surface area (Å²) in [6.07, 6.45) is 5.85. The molecule has 2 fully saturated rings. The van der Waals surface area contributed by atoms with E-state index in [1.54, 1.807) is 24.4 Å². The number of carbonyl (C=O) groups is 1. The SMILES string of the molecule is CC1CN(c2ncccc2C(=O)NS(=O)(=O)c2cccc(N3CCCCC3C)n2)C(C)(C)C1. The van der Waals surface area contributed by atoms with Gasteiger partial charge in [0.1, 0.15) is 11.6 Å². The van der Waals surface area contributed by atoms with Crippen LogP contribution in [-0.2, 0) is 10.0 Å². The summed E-state index contributed by atoms with van der Waals surface area (Å²) in [5.74, 6) is 0.869. The molecule has 0 aliphatic carbocycles. The smallest absolute Gasteiger partial charge is 0.281 e. The molecule has 178 valence electrons. The molecule has 0 aromatic carbocycles. The van der Waals surface area contributed by atoms with Crippen LogP contribution in [-0.4, -0.2) is 49.0 Å². The van der Waals surface area contributed by atoms with Crippen LogP contribution >= 0.6 is 0 Å². The van der Waals surface area contributed by atoms with Gasteiger partial charge >= 0.3 is 0 Å². The molecule has 2 atom stereocenters. The van der Waals surface area contributed by atoms with Crippen LogP contribution in [0.3, 0.4) is 0 Å². The number of piperidine rings is 1. The molecule has 8 nitrogen and oxygen atoms in total. The first-order valence-corrected chi connectivity index (χ1v) is 13.1. The highest BCUT2D eigenvalue weighted by Crippen LogP contribution is 2.37. The highest BCUT2D eigenvalue weighted by atomic mass is 32.2. The van der Waals surface area contributed by atoms with Crippen LogP contribution in [0.15, 0.2) is 41.6 Å². The van der Waals surface area contributed by atoms with E-state index < -0.39 is 15.9 Å². The summed E-state index contributed by atoms with van der Waals surface area (Å²) < 4.78 is 28.4. The van der Waals surface area contributed by atoms with Gasteiger partial charge in [0, 0.05) is 30.9 Å². The topological polar surface area (TPSA) is 95.5 Å². The lowest BCUT2D eigenvalue weighted by atomic mass is 9.97. The van der Waals surface area contributed by atoms with Crippen molar-refractivity contribution in [3.8, 4) is 0 Å². The second-order valence-electron chi connectivity index (χ2n) is 9.91. The van der Waals surface area contributed by atoms with E-state index in [1.165, 1.54) is 6.07 Å². The maximum atomic E-state index is 13.1. The summed E-state index contributed by atoms with van der Waals surface area (Å²) in [5.41, 5.74) is 0.0620. The number of rotatable bonds is 5. The lowest BCUT2D eigenvalue weighted by molar-refractivity contribution is 0.0981. The minimum Gasteiger partial charge on any atom is -0.354 e. The van der Waals surface area contributed by atoms with Crippen molar-refractivity contribution < 1.29 is 13.2 Å². The van der Waals surface area contributed by atoms with E-state index in [0.717, 1.165) is 38.8 Å². The first-order chi connectivity index (χ1) is 15.6. The Kier molecular flexibility index (Phi) is 6.35. The van der Waals surface area contributed by atoms with Crippen molar-refractivity contribution in [2.75, 3.05) is 22.9 Å². The largest absolute Gasteiger partial charge is 0.354 e. The van der Waals surface area contributed by atoms with Gasteiger partial charge in [-0.15, -0.1) is 0 Å². The Labute approximate surface area is 196 Å². The molecular formula is C24H33N5O3S. The van der Waals surface area contributed by atoms with Gasteiger partial charge in [-0.3, -0.25) is 4.79 Å². The number of hydrogen-bond donors (Lipinski definition) is 1. The predicted molar refractivity (Wildman–Crippen MR) is 129 cm³/mol. The molecular weight excluding hydrogens is 438 g/mol. The van der Waals surface area contributed by atoms with Crippen molar-refractivity contribution in [1.82, 2.24) is 14.7 Å². The summed E-state index contributed by atoms with van der Waals surface area (Å²) >= 11 is 0. The van der Waals surface area contributed by atoms with Gasteiger partial charge in [-0.1, -0.05) is 13.0 Å². The predicted octanol–water partition coefficient (Wildman–Crippen LogP) is 3.60. The van der Waals surface area contributed by atoms with Crippen LogP contribution in [0.4, 0.5) is 11.6 Å². The van der Waals surface area contributed by atoms with Gasteiger partial charge in [0.2, 0.25) is 0 Å². The normalized spacial score (nSPS) is 22.9. The second kappa shape index (κ2) is 8.93. The van der Waals surface area contributed by atoms with Crippen molar-refractivity contribution in [2.45, 2.75) is 70.0 Å². The molecule has 0 saturated carbocycles. The zero-order chi connectivity index (χ0) is 23.8. The Hall–Kier alpha value is -2.68. The Bertz CT molecular complexity index is 1130. The number of hydrogen-bond acceptors (Lipinski definition) is 7. The number of sulfonamides is 1. The zero-order valence-corrected chi connectivity index (χ0v) is 20.6. The average molecular weight is 472 g/mol. The number of pyridine rings is 2. The number of nitrogens with one attached hydrogen (secondary N) is 1. The summed E-state index contributed by atoms with van der Waals surface area (Å²) in [6, 6.07) is 8.47. The van der Waals surface area contributed by atoms with Crippen LogP contribution in [0.5, 0.6) is 0 Å². The molecule has 4 heterocycles. The minimum absolute atomic E-state index is 0.160. The number of amides is 1. The van der Waals surface area contributed by atoms with Gasteiger partial charge in [0.15, 0.2) is 5.03 Å². The van der Waals surface area contributed by atoms with Gasteiger partial charge in [-0.05, 0) is 76.6 Å². The molecule has 9 heteroatoms. The molecule has 2 aliphatic rings. The van der Waals surface area contributed by atoms with Crippen LogP contribution in [0.1, 0.15) is 63.7 Å². The summed E-state index contributed by atoms with van der Waals surface area (Å²) in [6.45, 7) is 10.1. The summed E-state index contributed by atoms with van der Waals surface area (Å²) in [7, 11) is -4.15. The lowest BCUT2D eigenvalue weighted by Crippen LogP contribution is -2.41. The fourth-order valence-corrected chi connectivity index (χ4v) is 6.06. The van der Waals surface area contributed by atoms with Crippen molar-refractivity contribution in [2.24, 2.45) is 5.92 Å². The highest BCUT2D eigenvalue weighted by Gasteiger charge is 2.39. The molecule has 2 aromatic heterocycles. The molecule has 33 heavy (non-hydrogen) atoms. The lowest BCUT2D eigenvalue weighted by Gasteiger charge is -2.34. The molecule has 0 spiro atoms. The van der Waals surface area contributed by atoms with Gasteiger partial charge in [-0.25, -0.2) is 14.7 Å². The minimum atomic E-state index is -4.15. The van der Waals surface area contributed by atoms with Crippen molar-refractivity contribution in [1.29, 1.82) is 0 Å². The van der Waals surface area contributed by atoms with E-state index in [4.69, 9.17) is 0 Å². The first kappa shape index (κ1) is 23.5. The van der Waals surface area contributed by atoms with E-state index in [2.05, 4.69) is 52.2 Å². The van der Waals surface area contributed by atoms with Crippen molar-refractivity contribution >= 4 is 27.6 Å². The average Bonchev–Trinajstić information content (AvgIpc) is 3.05. The van der Waals surface area contributed by atoms with E-state index in [1.807, 2.05) is 6.07 Å². The third-order valence-electron chi connectivity index (χ3n) is 6.67. The molecule has 1 N–H and O–H groups in total. The molecule has 2 unspecified atom stereocenters. The number of anilines is 2. The standard InChI is InChI=1S/C24H33N5O3S/c1-17-15-24(3,4)29(16-17)22-19(10-8-13-25-22)23(30)27-33(31,32)21-12-7-11-20(26-21)28-14-6-5-9-18(28)2/h7-8,10-13,17-18H,5-6,9,14-16H2,1-4H3,(H,27,30). The Morgan fingerprint density at radius 3 is 2.64 bits per heavy atom. The number of carbonyl (C=O) groups excluding carboxylic acids is 1. The third kappa shape index (κ3) is 4.83. The maximum Gasteiger partial charge on any atom is 0.281 e. The number of aromatic nitrogens is 2. The van der Waals surface area contributed by atoms with E-state index in [9.17, 15) is 13.2 Å². The number of nitrogens with zero attached hydrogens (tertiary/aromatic N) is 4. The van der Waals surface area contributed by atoms with Crippen LogP contribution in [0, 0.1) is 5.92 Å². The van der Waals surface area contributed by atoms with E-state index >= 15 is 0 Å². The van der Waals surface area contributed by atoms with Gasteiger partial charge < -0.3 is 9.80 Å². The van der Waals surface area contributed by atoms with Crippen molar-refractivity contribution in [3.63, 3.8) is 0 Å². The third-order valence-corrected chi connectivity index (χ3v) is 7.90. The van der Waals surface area contributed by atoms with Gasteiger partial charge in [0.05, 0.1) is 5.56 Å². The van der Waals surface area contributed by atoms with E-state index in [0.29, 0.717) is 23.6 Å². The van der Waals surface area contributed by atoms with Crippen molar-refractivity contribution in [3.05, 3.63) is 42.1 Å². The maximum absolute atomic E-state index is 13.1. The fraction of sp³-hybridized carbons (Fsp3) is 0.542. The molecule has 0 radical (unpaired) electrons. The molecule has 4 rings (SSSR count). The summed E-state index contributed by atoms with van der Waals surface area (Å²) in [4.78, 5) is 26.2. The Balaban J connectivity index is 1.59. The first-order valence-electron chi connectivity index (χ1n) is 11.6. The quantitative estimate of drug-likeness (QED) is 0.712. The van der Waals surface area contributed by atoms with Crippen LogP contribution in [0.2, 0.25) is 0 Å². The highest BCUT2D eigenvalue weighted by molar-refractivity contribution is 7.90. The molecule has 2 saturated heterocycles.